The quantitative estimate of drug-likeness (QED) is 0.506. The zero-order valence-corrected chi connectivity index (χ0v) is 6.56. The number of H-pyrrole nitrogens is 1. The Morgan fingerprint density at radius 3 is 2.92 bits per heavy atom. The van der Waals surface area contributed by atoms with E-state index in [0.29, 0.717) is 0 Å². The zero-order valence-electron chi connectivity index (χ0n) is 6.56. The van der Waals surface area contributed by atoms with Gasteiger partial charge in [0.25, 0.3) is 0 Å². The first-order chi connectivity index (χ1) is 6.15. The Morgan fingerprint density at radius 2 is 2.31 bits per heavy atom. The number of Topliss-reactive ketones (excluding diaryl/α,β-unsaturated/α-hetero) is 1. The normalized spacial score (nSPS) is 9.92. The SMILES string of the molecule is O=C(CO)Cn1cn[nH]c(=O)c1=O. The summed E-state index contributed by atoms with van der Waals surface area (Å²) in [6.45, 7) is -1.01. The molecule has 0 aliphatic rings. The Kier molecular flexibility index (Phi) is 2.70. The Balaban J connectivity index is 3.03. The summed E-state index contributed by atoms with van der Waals surface area (Å²) in [4.78, 5) is 32.3. The number of ketones is 1. The van der Waals surface area contributed by atoms with Gasteiger partial charge < -0.3 is 5.11 Å². The van der Waals surface area contributed by atoms with E-state index >= 15 is 0 Å². The van der Waals surface area contributed by atoms with Crippen LogP contribution in [0.2, 0.25) is 0 Å². The first-order valence-electron chi connectivity index (χ1n) is 3.42. The van der Waals surface area contributed by atoms with Crippen LogP contribution in [0.25, 0.3) is 0 Å². The summed E-state index contributed by atoms with van der Waals surface area (Å²) in [5.41, 5.74) is -1.76. The molecule has 1 rings (SSSR count). The van der Waals surface area contributed by atoms with Gasteiger partial charge in [0.1, 0.15) is 12.9 Å². The van der Waals surface area contributed by atoms with Gasteiger partial charge in [0.05, 0.1) is 6.54 Å². The fourth-order valence-electron chi connectivity index (χ4n) is 0.740. The number of rotatable bonds is 3. The van der Waals surface area contributed by atoms with E-state index in [0.717, 1.165) is 10.9 Å². The van der Waals surface area contributed by atoms with Gasteiger partial charge in [-0.05, 0) is 0 Å². The van der Waals surface area contributed by atoms with Gasteiger partial charge in [0, 0.05) is 0 Å². The van der Waals surface area contributed by atoms with Gasteiger partial charge >= 0.3 is 11.1 Å². The molecule has 7 heteroatoms. The van der Waals surface area contributed by atoms with Crippen molar-refractivity contribution in [1.82, 2.24) is 14.8 Å². The Bertz CT molecular complexity index is 418. The van der Waals surface area contributed by atoms with Crippen LogP contribution < -0.4 is 11.1 Å². The van der Waals surface area contributed by atoms with E-state index < -0.39 is 23.5 Å². The molecule has 0 fully saturated rings. The zero-order chi connectivity index (χ0) is 9.84. The van der Waals surface area contributed by atoms with Crippen molar-refractivity contribution in [2.24, 2.45) is 0 Å². The molecule has 0 radical (unpaired) electrons. The highest BCUT2D eigenvalue weighted by atomic mass is 16.3. The Morgan fingerprint density at radius 1 is 1.62 bits per heavy atom. The van der Waals surface area contributed by atoms with E-state index in [1.54, 1.807) is 0 Å². The lowest BCUT2D eigenvalue weighted by molar-refractivity contribution is -0.122. The molecule has 0 aromatic carbocycles. The lowest BCUT2D eigenvalue weighted by Crippen LogP contribution is -2.38. The summed E-state index contributed by atoms with van der Waals surface area (Å²) < 4.78 is 0.831. The fraction of sp³-hybridized carbons (Fsp3) is 0.333. The summed E-state index contributed by atoms with van der Waals surface area (Å²) >= 11 is 0. The molecule has 0 unspecified atom stereocenters. The van der Waals surface area contributed by atoms with Gasteiger partial charge in [-0.15, -0.1) is 0 Å². The predicted molar refractivity (Wildman–Crippen MR) is 41.2 cm³/mol. The Labute approximate surface area is 71.6 Å². The second-order valence-electron chi connectivity index (χ2n) is 2.32. The molecule has 0 aliphatic heterocycles. The summed E-state index contributed by atoms with van der Waals surface area (Å²) in [5.74, 6) is -0.561. The van der Waals surface area contributed by atoms with Crippen molar-refractivity contribution in [3.05, 3.63) is 27.0 Å². The van der Waals surface area contributed by atoms with E-state index in [2.05, 4.69) is 5.10 Å². The minimum atomic E-state index is -0.895. The van der Waals surface area contributed by atoms with Crippen LogP contribution in [-0.4, -0.2) is 32.3 Å². The highest BCUT2D eigenvalue weighted by Crippen LogP contribution is 1.76. The van der Waals surface area contributed by atoms with Crippen LogP contribution in [0.5, 0.6) is 0 Å². The lowest BCUT2D eigenvalue weighted by atomic mass is 10.4. The van der Waals surface area contributed by atoms with Crippen LogP contribution in [-0.2, 0) is 11.3 Å². The number of nitrogens with zero attached hydrogens (tertiary/aromatic N) is 2. The van der Waals surface area contributed by atoms with Crippen LogP contribution >= 0.6 is 0 Å². The first-order valence-corrected chi connectivity index (χ1v) is 3.42. The number of hydrogen-bond acceptors (Lipinski definition) is 5. The molecule has 0 aliphatic carbocycles. The van der Waals surface area contributed by atoms with Crippen LogP contribution in [0.4, 0.5) is 0 Å². The lowest BCUT2D eigenvalue weighted by Gasteiger charge is -1.99. The molecular weight excluding hydrogens is 178 g/mol. The maximum absolute atomic E-state index is 11.0. The van der Waals surface area contributed by atoms with E-state index in [9.17, 15) is 14.4 Å². The summed E-state index contributed by atoms with van der Waals surface area (Å²) in [7, 11) is 0. The monoisotopic (exact) mass is 185 g/mol. The standard InChI is InChI=1S/C6H7N3O4/c10-2-4(11)1-9-3-7-8-5(12)6(9)13/h3,10H,1-2H2,(H,8,12). The molecule has 1 aromatic heterocycles. The van der Waals surface area contributed by atoms with E-state index in [1.807, 2.05) is 5.10 Å². The van der Waals surface area contributed by atoms with Crippen LogP contribution in [0.1, 0.15) is 0 Å². The molecule has 0 spiro atoms. The predicted octanol–water partition coefficient (Wildman–Crippen LogP) is -2.51. The first kappa shape index (κ1) is 9.33. The highest BCUT2D eigenvalue weighted by Gasteiger charge is 2.04. The molecule has 13 heavy (non-hydrogen) atoms. The third-order valence-electron chi connectivity index (χ3n) is 1.34. The van der Waals surface area contributed by atoms with Gasteiger partial charge in [0.2, 0.25) is 0 Å². The number of aliphatic hydroxyl groups is 1. The molecule has 1 aromatic rings. The highest BCUT2D eigenvalue weighted by molar-refractivity contribution is 5.79. The molecule has 2 N–H and O–H groups in total. The summed E-state index contributed by atoms with van der Waals surface area (Å²) in [5, 5.41) is 13.6. The van der Waals surface area contributed by atoms with Crippen LogP contribution in [0.15, 0.2) is 15.9 Å². The molecule has 1 heterocycles. The smallest absolute Gasteiger partial charge is 0.330 e. The third kappa shape index (κ3) is 2.09. The van der Waals surface area contributed by atoms with Crippen LogP contribution in [0.3, 0.4) is 0 Å². The van der Waals surface area contributed by atoms with Crippen molar-refractivity contribution in [3.8, 4) is 0 Å². The van der Waals surface area contributed by atoms with Gasteiger partial charge in [0.15, 0.2) is 5.78 Å². The van der Waals surface area contributed by atoms with Crippen LogP contribution in [0, 0.1) is 0 Å². The van der Waals surface area contributed by atoms with Gasteiger partial charge in [-0.3, -0.25) is 19.0 Å². The van der Waals surface area contributed by atoms with Crippen molar-refractivity contribution >= 4 is 5.78 Å². The molecular formula is C6H7N3O4. The number of hydrogen-bond donors (Lipinski definition) is 2. The molecule has 0 atom stereocenters. The minimum absolute atomic E-state index is 0.341. The molecule has 70 valence electrons. The number of aliphatic hydroxyl groups excluding tert-OH is 1. The number of carbonyl (C=O) groups is 1. The van der Waals surface area contributed by atoms with E-state index in [4.69, 9.17) is 5.11 Å². The Hall–Kier alpha value is -1.76. The fourth-order valence-corrected chi connectivity index (χ4v) is 0.740. The number of nitrogens with one attached hydrogen (secondary N) is 1. The maximum Gasteiger partial charge on any atom is 0.330 e. The molecule has 0 saturated heterocycles. The van der Waals surface area contributed by atoms with Crippen molar-refractivity contribution in [1.29, 1.82) is 0 Å². The number of carbonyl (C=O) groups excluding carboxylic acids is 1. The van der Waals surface area contributed by atoms with Gasteiger partial charge in [-0.25, -0.2) is 5.10 Å². The minimum Gasteiger partial charge on any atom is -0.389 e. The number of aromatic amines is 1. The second kappa shape index (κ2) is 3.76. The van der Waals surface area contributed by atoms with Crippen molar-refractivity contribution in [2.75, 3.05) is 6.61 Å². The largest absolute Gasteiger partial charge is 0.389 e. The van der Waals surface area contributed by atoms with Crippen molar-refractivity contribution in [2.45, 2.75) is 6.54 Å². The molecule has 7 nitrogen and oxygen atoms in total. The van der Waals surface area contributed by atoms with E-state index in [1.165, 1.54) is 0 Å². The number of aromatic nitrogens is 3. The molecule has 0 bridgehead atoms. The summed E-state index contributed by atoms with van der Waals surface area (Å²) in [6, 6.07) is 0. The van der Waals surface area contributed by atoms with Gasteiger partial charge in [-0.2, -0.15) is 5.10 Å². The topological polar surface area (TPSA) is 105 Å². The van der Waals surface area contributed by atoms with Crippen molar-refractivity contribution in [3.63, 3.8) is 0 Å². The maximum atomic E-state index is 11.0. The van der Waals surface area contributed by atoms with E-state index in [-0.39, 0.29) is 6.54 Å². The molecule has 0 amide bonds. The van der Waals surface area contributed by atoms with Gasteiger partial charge in [-0.1, -0.05) is 0 Å². The van der Waals surface area contributed by atoms with Crippen molar-refractivity contribution < 1.29 is 9.90 Å². The third-order valence-corrected chi connectivity index (χ3v) is 1.34. The average Bonchev–Trinajstić information content (AvgIpc) is 2.13. The second-order valence-corrected chi connectivity index (χ2v) is 2.32. The summed E-state index contributed by atoms with van der Waals surface area (Å²) in [6.07, 6.45) is 1.03. The average molecular weight is 185 g/mol. The molecule has 0 saturated carbocycles.